The van der Waals surface area contributed by atoms with E-state index in [1.54, 1.807) is 22.5 Å². The second-order valence-electron chi connectivity index (χ2n) is 7.05. The summed E-state index contributed by atoms with van der Waals surface area (Å²) in [4.78, 5) is 26.2. The van der Waals surface area contributed by atoms with Crippen molar-refractivity contribution in [3.63, 3.8) is 0 Å². The average Bonchev–Trinajstić information content (AvgIpc) is 3.32. The van der Waals surface area contributed by atoms with E-state index in [1.165, 1.54) is 24.3 Å². The number of carbonyl (C=O) groups is 2. The molecule has 2 aliphatic heterocycles. The van der Waals surface area contributed by atoms with Crippen LogP contribution in [-0.2, 0) is 16.1 Å². The van der Waals surface area contributed by atoms with Gasteiger partial charge in [0, 0.05) is 13.2 Å². The number of ether oxygens (including phenoxy) is 2. The van der Waals surface area contributed by atoms with E-state index in [0.717, 1.165) is 5.56 Å². The lowest BCUT2D eigenvalue weighted by molar-refractivity contribution is -0.133. The number of nitrogens with zero attached hydrogens (tertiary/aromatic N) is 1. The highest BCUT2D eigenvalue weighted by atomic mass is 19.1. The molecule has 3 N–H and O–H groups in total. The molecule has 2 aromatic rings. The molecule has 8 nitrogen and oxygen atoms in total. The van der Waals surface area contributed by atoms with Gasteiger partial charge in [-0.05, 0) is 48.4 Å². The highest BCUT2D eigenvalue weighted by Crippen LogP contribution is 2.36. The van der Waals surface area contributed by atoms with Gasteiger partial charge in [-0.3, -0.25) is 10.0 Å². The number of amides is 3. The van der Waals surface area contributed by atoms with E-state index in [0.29, 0.717) is 24.5 Å². The van der Waals surface area contributed by atoms with Crippen LogP contribution in [0.15, 0.2) is 48.5 Å². The average molecular weight is 401 g/mol. The van der Waals surface area contributed by atoms with Crippen LogP contribution in [-0.4, -0.2) is 46.8 Å². The Labute approximate surface area is 166 Å². The number of hydrogen-bond donors (Lipinski definition) is 3. The summed E-state index contributed by atoms with van der Waals surface area (Å²) >= 11 is 0. The van der Waals surface area contributed by atoms with E-state index >= 15 is 0 Å². The highest BCUT2D eigenvalue weighted by molar-refractivity contribution is 5.92. The largest absolute Gasteiger partial charge is 0.457 e. The van der Waals surface area contributed by atoms with Crippen LogP contribution in [0.5, 0.6) is 11.5 Å². The van der Waals surface area contributed by atoms with Crippen molar-refractivity contribution in [3.05, 3.63) is 59.9 Å². The molecule has 2 saturated heterocycles. The molecule has 2 fully saturated rings. The minimum Gasteiger partial charge on any atom is -0.457 e. The molecule has 2 aromatic carbocycles. The van der Waals surface area contributed by atoms with Crippen molar-refractivity contribution >= 4 is 11.9 Å². The first-order valence-electron chi connectivity index (χ1n) is 9.14. The maximum absolute atomic E-state index is 13.0. The minimum atomic E-state index is -0.899. The number of carbonyl (C=O) groups excluding carboxylic acids is 2. The Morgan fingerprint density at radius 3 is 2.48 bits per heavy atom. The number of rotatable bonds is 5. The zero-order chi connectivity index (χ0) is 20.4. The van der Waals surface area contributed by atoms with Gasteiger partial charge in [0.25, 0.3) is 5.91 Å². The molecule has 2 unspecified atom stereocenters. The zero-order valence-electron chi connectivity index (χ0n) is 15.4. The van der Waals surface area contributed by atoms with E-state index in [2.05, 4.69) is 5.32 Å². The van der Waals surface area contributed by atoms with Crippen LogP contribution in [0.2, 0.25) is 0 Å². The van der Waals surface area contributed by atoms with Crippen LogP contribution in [0.3, 0.4) is 0 Å². The van der Waals surface area contributed by atoms with Gasteiger partial charge in [-0.15, -0.1) is 0 Å². The molecule has 29 heavy (non-hydrogen) atoms. The summed E-state index contributed by atoms with van der Waals surface area (Å²) in [5, 5.41) is 11.7. The minimum absolute atomic E-state index is 0.204. The summed E-state index contributed by atoms with van der Waals surface area (Å²) in [7, 11) is 0. The predicted molar refractivity (Wildman–Crippen MR) is 98.9 cm³/mol. The predicted octanol–water partition coefficient (Wildman–Crippen LogP) is 2.18. The van der Waals surface area contributed by atoms with Crippen LogP contribution < -0.4 is 15.5 Å². The maximum Gasteiger partial charge on any atom is 0.319 e. The fourth-order valence-corrected chi connectivity index (χ4v) is 3.79. The van der Waals surface area contributed by atoms with Gasteiger partial charge < -0.3 is 19.7 Å². The van der Waals surface area contributed by atoms with Crippen LogP contribution in [0.1, 0.15) is 12.0 Å². The molecule has 2 aliphatic rings. The van der Waals surface area contributed by atoms with E-state index in [1.807, 2.05) is 12.1 Å². The van der Waals surface area contributed by atoms with Gasteiger partial charge in [0.2, 0.25) is 0 Å². The third-order valence-electron chi connectivity index (χ3n) is 5.30. The molecule has 0 radical (unpaired) electrons. The molecule has 152 valence electrons. The fourth-order valence-electron chi connectivity index (χ4n) is 3.79. The lowest BCUT2D eigenvalue weighted by Gasteiger charge is -2.35. The third kappa shape index (κ3) is 3.62. The summed E-state index contributed by atoms with van der Waals surface area (Å²) < 4.78 is 24.1. The quantitative estimate of drug-likeness (QED) is 0.527. The molecule has 2 atom stereocenters. The molecule has 4 rings (SSSR count). The Kier molecular flexibility index (Phi) is 5.08. The molecule has 9 heteroatoms. The summed E-state index contributed by atoms with van der Waals surface area (Å²) in [5.41, 5.74) is 1.60. The number of halogens is 1. The van der Waals surface area contributed by atoms with Gasteiger partial charge in [0.1, 0.15) is 23.4 Å². The molecule has 0 aliphatic carbocycles. The van der Waals surface area contributed by atoms with Crippen molar-refractivity contribution in [2.24, 2.45) is 0 Å². The molecule has 1 spiro atoms. The van der Waals surface area contributed by atoms with Crippen LogP contribution in [0, 0.1) is 5.82 Å². The third-order valence-corrected chi connectivity index (χ3v) is 5.30. The Morgan fingerprint density at radius 1 is 1.24 bits per heavy atom. The molecular formula is C20H20FN3O5. The molecule has 0 aromatic heterocycles. The number of urea groups is 1. The van der Waals surface area contributed by atoms with Crippen molar-refractivity contribution in [2.75, 3.05) is 13.2 Å². The SMILES string of the molecule is O=C(NO)C1NC(=O)N(Cc2ccc(Oc3ccc(F)cc3)cc2)C12CCOC2. The van der Waals surface area contributed by atoms with E-state index in [4.69, 9.17) is 14.7 Å². The monoisotopic (exact) mass is 401 g/mol. The Hall–Kier alpha value is -3.17. The lowest BCUT2D eigenvalue weighted by Crippen LogP contribution is -2.57. The molecule has 3 amide bonds. The van der Waals surface area contributed by atoms with E-state index in [-0.39, 0.29) is 19.0 Å². The standard InChI is InChI=1S/C20H20FN3O5/c21-14-3-7-16(8-4-14)29-15-5-1-13(2-6-15)11-24-19(26)22-17(18(25)23-27)20(24)9-10-28-12-20/h1-8,17,27H,9-12H2,(H,22,26)(H,23,25). The normalized spacial score (nSPS) is 23.3. The highest BCUT2D eigenvalue weighted by Gasteiger charge is 2.57. The molecular weight excluding hydrogens is 381 g/mol. The van der Waals surface area contributed by atoms with Gasteiger partial charge in [-0.2, -0.15) is 0 Å². The van der Waals surface area contributed by atoms with Gasteiger partial charge in [-0.1, -0.05) is 12.1 Å². The topological polar surface area (TPSA) is 100 Å². The number of nitrogens with one attached hydrogen (secondary N) is 2. The van der Waals surface area contributed by atoms with Crippen LogP contribution in [0.4, 0.5) is 9.18 Å². The summed E-state index contributed by atoms with van der Waals surface area (Å²) in [6.07, 6.45) is 0.482. The Morgan fingerprint density at radius 2 is 1.90 bits per heavy atom. The van der Waals surface area contributed by atoms with Crippen molar-refractivity contribution in [1.82, 2.24) is 15.7 Å². The first-order valence-corrected chi connectivity index (χ1v) is 9.14. The van der Waals surface area contributed by atoms with Crippen molar-refractivity contribution in [1.29, 1.82) is 0 Å². The zero-order valence-corrected chi connectivity index (χ0v) is 15.4. The first-order chi connectivity index (χ1) is 14.0. The second kappa shape index (κ2) is 7.69. The Balaban J connectivity index is 1.50. The first kappa shape index (κ1) is 19.2. The number of benzene rings is 2. The summed E-state index contributed by atoms with van der Waals surface area (Å²) in [5.74, 6) is 0.0738. The number of hydroxylamine groups is 1. The molecule has 0 saturated carbocycles. The van der Waals surface area contributed by atoms with E-state index in [9.17, 15) is 14.0 Å². The van der Waals surface area contributed by atoms with Crippen LogP contribution >= 0.6 is 0 Å². The molecule has 0 bridgehead atoms. The van der Waals surface area contributed by atoms with E-state index < -0.39 is 23.5 Å². The summed E-state index contributed by atoms with van der Waals surface area (Å²) in [6, 6.07) is 11.5. The number of hydrogen-bond acceptors (Lipinski definition) is 5. The van der Waals surface area contributed by atoms with Gasteiger partial charge in [0.05, 0.1) is 12.1 Å². The van der Waals surface area contributed by atoms with Gasteiger partial charge in [0.15, 0.2) is 0 Å². The Bertz CT molecular complexity index is 897. The molecule has 2 heterocycles. The van der Waals surface area contributed by atoms with Crippen LogP contribution in [0.25, 0.3) is 0 Å². The van der Waals surface area contributed by atoms with Crippen molar-refractivity contribution in [2.45, 2.75) is 24.5 Å². The second-order valence-corrected chi connectivity index (χ2v) is 7.05. The fraction of sp³-hybridized carbons (Fsp3) is 0.300. The smallest absolute Gasteiger partial charge is 0.319 e. The van der Waals surface area contributed by atoms with Crippen molar-refractivity contribution < 1.29 is 28.7 Å². The maximum atomic E-state index is 13.0. The van der Waals surface area contributed by atoms with Gasteiger partial charge >= 0.3 is 6.03 Å². The van der Waals surface area contributed by atoms with Gasteiger partial charge in [-0.25, -0.2) is 14.7 Å². The van der Waals surface area contributed by atoms with Crippen molar-refractivity contribution in [3.8, 4) is 11.5 Å². The lowest BCUT2D eigenvalue weighted by atomic mass is 9.88. The summed E-state index contributed by atoms with van der Waals surface area (Å²) in [6.45, 7) is 0.891.